The highest BCUT2D eigenvalue weighted by Gasteiger charge is 2.21. The van der Waals surface area contributed by atoms with E-state index in [1.165, 1.54) is 0 Å². The number of hydrogen-bond donors (Lipinski definition) is 0. The normalized spacial score (nSPS) is 30.4. The molecule has 1 fully saturated rings. The maximum atomic E-state index is 10.2. The number of carbonyl (C=O) groups is 1. The third kappa shape index (κ3) is 0.718. The van der Waals surface area contributed by atoms with Crippen LogP contribution in [0.5, 0.6) is 0 Å². The van der Waals surface area contributed by atoms with E-state index in [2.05, 4.69) is 4.74 Å². The van der Waals surface area contributed by atoms with Crippen molar-refractivity contribution in [1.29, 1.82) is 0 Å². The lowest BCUT2D eigenvalue weighted by molar-refractivity contribution is -0.139. The molecule has 1 heterocycles. The van der Waals surface area contributed by atoms with Crippen molar-refractivity contribution in [3.63, 3.8) is 0 Å². The molecule has 0 saturated carbocycles. The topological polar surface area (TPSA) is 50.1 Å². The summed E-state index contributed by atoms with van der Waals surface area (Å²) in [4.78, 5) is 10.2. The van der Waals surface area contributed by atoms with Crippen LogP contribution in [0.25, 0.3) is 0 Å². The Morgan fingerprint density at radius 1 is 1.86 bits per heavy atom. The summed E-state index contributed by atoms with van der Waals surface area (Å²) in [7, 11) is 0. The maximum Gasteiger partial charge on any atom is 0.324 e. The molecule has 0 bridgehead atoms. The molecule has 0 aliphatic carbocycles. The summed E-state index contributed by atoms with van der Waals surface area (Å²) >= 11 is 0. The van der Waals surface area contributed by atoms with Crippen molar-refractivity contribution in [2.75, 3.05) is 6.61 Å². The van der Waals surface area contributed by atoms with Gasteiger partial charge < -0.3 is 4.74 Å². The average Bonchev–Trinajstić information content (AvgIpc) is 1.91. The number of nitrogens with one attached hydrogen (secondary N) is 1. The molecule has 0 aromatic rings. The Morgan fingerprint density at radius 3 is 2.71 bits per heavy atom. The van der Waals surface area contributed by atoms with E-state index in [0.717, 1.165) is 0 Å². The highest BCUT2D eigenvalue weighted by molar-refractivity contribution is 5.76. The van der Waals surface area contributed by atoms with Crippen molar-refractivity contribution >= 4 is 5.97 Å². The molecule has 0 aromatic carbocycles. The van der Waals surface area contributed by atoms with Gasteiger partial charge in [-0.2, -0.15) is 0 Å². The van der Waals surface area contributed by atoms with Crippen LogP contribution < -0.4 is 5.73 Å². The van der Waals surface area contributed by atoms with E-state index in [9.17, 15) is 4.79 Å². The minimum atomic E-state index is -0.597. The summed E-state index contributed by atoms with van der Waals surface area (Å²) in [6, 6.07) is -0.597. The molecule has 7 heavy (non-hydrogen) atoms. The largest absolute Gasteiger partial charge is 0.464 e. The van der Waals surface area contributed by atoms with Crippen LogP contribution in [0.4, 0.5) is 0 Å². The third-order valence-electron chi connectivity index (χ3n) is 0.935. The zero-order valence-electron chi connectivity index (χ0n) is 3.81. The first-order valence-corrected chi connectivity index (χ1v) is 2.18. The van der Waals surface area contributed by atoms with Gasteiger partial charge in [-0.05, 0) is 0 Å². The van der Waals surface area contributed by atoms with E-state index in [1.807, 2.05) is 0 Å². The zero-order chi connectivity index (χ0) is 5.28. The number of cyclic esters (lactones) is 1. The summed E-state index contributed by atoms with van der Waals surface area (Å²) in [6.07, 6.45) is 0.568. The fraction of sp³-hybridized carbons (Fsp3) is 0.750. The van der Waals surface area contributed by atoms with Gasteiger partial charge in [0.05, 0.1) is 6.61 Å². The van der Waals surface area contributed by atoms with E-state index in [1.54, 1.807) is 0 Å². The molecule has 0 spiro atoms. The van der Waals surface area contributed by atoms with Crippen molar-refractivity contribution in [2.45, 2.75) is 12.5 Å². The van der Waals surface area contributed by atoms with Gasteiger partial charge in [0.25, 0.3) is 0 Å². The van der Waals surface area contributed by atoms with E-state index < -0.39 is 6.04 Å². The van der Waals surface area contributed by atoms with Gasteiger partial charge in [0.15, 0.2) is 0 Å². The quantitative estimate of drug-likeness (QED) is 0.388. The summed E-state index contributed by atoms with van der Waals surface area (Å²) in [5.41, 5.74) is 6.86. The van der Waals surface area contributed by atoms with E-state index >= 15 is 0 Å². The number of esters is 1. The van der Waals surface area contributed by atoms with Crippen LogP contribution in [0.15, 0.2) is 0 Å². The third-order valence-corrected chi connectivity index (χ3v) is 0.935. The number of ether oxygens (including phenoxy) is 1. The van der Waals surface area contributed by atoms with Gasteiger partial charge in [-0.25, -0.2) is 5.73 Å². The lowest BCUT2D eigenvalue weighted by Gasteiger charge is -1.88. The first kappa shape index (κ1) is 4.59. The van der Waals surface area contributed by atoms with Crippen LogP contribution in [-0.4, -0.2) is 18.6 Å². The maximum absolute atomic E-state index is 10.2. The molecule has 3 nitrogen and oxygen atoms in total. The van der Waals surface area contributed by atoms with E-state index in [-0.39, 0.29) is 5.97 Å². The van der Waals surface area contributed by atoms with Gasteiger partial charge in [0, 0.05) is 6.42 Å². The summed E-state index contributed by atoms with van der Waals surface area (Å²) in [5, 5.41) is 0. The van der Waals surface area contributed by atoms with Gasteiger partial charge in [-0.15, -0.1) is 0 Å². The van der Waals surface area contributed by atoms with Crippen molar-refractivity contribution in [2.24, 2.45) is 0 Å². The minimum Gasteiger partial charge on any atom is -0.464 e. The van der Waals surface area contributed by atoms with Crippen molar-refractivity contribution in [3.05, 3.63) is 0 Å². The van der Waals surface area contributed by atoms with Gasteiger partial charge in [0.2, 0.25) is 0 Å². The molecule has 1 radical (unpaired) electrons. The second-order valence-electron chi connectivity index (χ2n) is 1.51. The Balaban J connectivity index is 2.48. The summed E-state index contributed by atoms with van der Waals surface area (Å²) < 4.78 is 4.44. The highest BCUT2D eigenvalue weighted by Crippen LogP contribution is 2.02. The van der Waals surface area contributed by atoms with Gasteiger partial charge >= 0.3 is 5.97 Å². The van der Waals surface area contributed by atoms with Gasteiger partial charge in [-0.3, -0.25) is 4.79 Å². The number of carbonyl (C=O) groups excluding carboxylic acids is 1. The second kappa shape index (κ2) is 1.50. The summed E-state index contributed by atoms with van der Waals surface area (Å²) in [6.45, 7) is 0.438. The van der Waals surface area contributed by atoms with Crippen molar-refractivity contribution in [3.8, 4) is 0 Å². The SMILES string of the molecule is [NH]C1CCOC1=O. The number of rotatable bonds is 0. The molecule has 1 aliphatic heterocycles. The Kier molecular flexibility index (Phi) is 0.982. The highest BCUT2D eigenvalue weighted by atomic mass is 16.5. The lowest BCUT2D eigenvalue weighted by atomic mass is 10.3. The second-order valence-corrected chi connectivity index (χ2v) is 1.51. The first-order valence-electron chi connectivity index (χ1n) is 2.18. The molecule has 1 aliphatic rings. The molecule has 1 rings (SSSR count). The van der Waals surface area contributed by atoms with Crippen LogP contribution in [0.2, 0.25) is 0 Å². The monoisotopic (exact) mass is 100 g/mol. The Hall–Kier alpha value is -0.570. The van der Waals surface area contributed by atoms with Crippen LogP contribution in [0.1, 0.15) is 6.42 Å². The molecular weight excluding hydrogens is 94.0 g/mol. The van der Waals surface area contributed by atoms with Gasteiger partial charge in [0.1, 0.15) is 6.04 Å². The van der Waals surface area contributed by atoms with Crippen LogP contribution in [0.3, 0.4) is 0 Å². The predicted octanol–water partition coefficient (Wildman–Crippen LogP) is -0.415. The molecule has 39 valence electrons. The Morgan fingerprint density at radius 2 is 2.57 bits per heavy atom. The lowest BCUT2D eigenvalue weighted by Crippen LogP contribution is -2.14. The Labute approximate surface area is 41.4 Å². The number of hydrogen-bond acceptors (Lipinski definition) is 2. The molecule has 1 unspecified atom stereocenters. The predicted molar refractivity (Wildman–Crippen MR) is 22.5 cm³/mol. The Bertz CT molecular complexity index is 91.7. The minimum absolute atomic E-state index is 0.375. The molecule has 3 heteroatoms. The van der Waals surface area contributed by atoms with Crippen molar-refractivity contribution in [1.82, 2.24) is 5.73 Å². The van der Waals surface area contributed by atoms with Crippen LogP contribution in [-0.2, 0) is 9.53 Å². The molecule has 1 saturated heterocycles. The first-order chi connectivity index (χ1) is 3.30. The van der Waals surface area contributed by atoms with Crippen LogP contribution in [0, 0.1) is 0 Å². The molecule has 0 amide bonds. The van der Waals surface area contributed by atoms with Crippen LogP contribution >= 0.6 is 0 Å². The fourth-order valence-corrected chi connectivity index (χ4v) is 0.496. The molecular formula is C4H6NO2. The van der Waals surface area contributed by atoms with E-state index in [0.29, 0.717) is 13.0 Å². The fourth-order valence-electron chi connectivity index (χ4n) is 0.496. The van der Waals surface area contributed by atoms with E-state index in [4.69, 9.17) is 5.73 Å². The zero-order valence-corrected chi connectivity index (χ0v) is 3.81. The smallest absolute Gasteiger partial charge is 0.324 e. The summed E-state index contributed by atoms with van der Waals surface area (Å²) in [5.74, 6) is -0.375. The molecule has 1 N–H and O–H groups in total. The van der Waals surface area contributed by atoms with Crippen molar-refractivity contribution < 1.29 is 9.53 Å². The standard InChI is InChI=1S/C4H6NO2/c5-3-1-2-7-4(3)6/h3,5H,1-2H2. The molecule has 1 atom stereocenters. The molecule has 0 aromatic heterocycles. The average molecular weight is 100 g/mol. The van der Waals surface area contributed by atoms with Gasteiger partial charge in [-0.1, -0.05) is 0 Å².